The summed E-state index contributed by atoms with van der Waals surface area (Å²) in [5, 5.41) is 9.40. The molecule has 0 aliphatic carbocycles. The van der Waals surface area contributed by atoms with Crippen molar-refractivity contribution in [1.29, 1.82) is 0 Å². The van der Waals surface area contributed by atoms with Crippen molar-refractivity contribution in [1.82, 2.24) is 29.2 Å². The van der Waals surface area contributed by atoms with Gasteiger partial charge in [0.15, 0.2) is 0 Å². The number of fused-ring (bicyclic) bond motifs is 1. The minimum atomic E-state index is -4.70. The Hall–Kier alpha value is -5.44. The van der Waals surface area contributed by atoms with E-state index in [1.807, 2.05) is 11.8 Å². The number of likely N-dealkylation sites (N-methyl/N-ethyl adjacent to an activating group) is 1. The van der Waals surface area contributed by atoms with Crippen LogP contribution >= 0.6 is 0 Å². The van der Waals surface area contributed by atoms with Gasteiger partial charge < -0.3 is 20.3 Å². The molecule has 4 N–H and O–H groups in total. The summed E-state index contributed by atoms with van der Waals surface area (Å²) < 4.78 is 73.3. The number of aromatic nitrogens is 3. The number of sulfonamides is 1. The number of amides is 2. The van der Waals surface area contributed by atoms with E-state index in [1.54, 1.807) is 17.7 Å². The van der Waals surface area contributed by atoms with E-state index < -0.39 is 33.8 Å². The summed E-state index contributed by atoms with van der Waals surface area (Å²) in [4.78, 5) is 37.4. The first-order chi connectivity index (χ1) is 24.6. The molecule has 0 bridgehead atoms. The Morgan fingerprint density at radius 2 is 1.77 bits per heavy atom. The van der Waals surface area contributed by atoms with Crippen LogP contribution in [0.3, 0.4) is 0 Å². The number of nitrogens with two attached hydrogens (primary N) is 1. The summed E-state index contributed by atoms with van der Waals surface area (Å²) in [6.45, 7) is 5.80. The lowest BCUT2D eigenvalue weighted by atomic mass is 10.1. The first-order valence-electron chi connectivity index (χ1n) is 16.3. The zero-order valence-electron chi connectivity index (χ0n) is 28.2. The number of nitrogen functional groups attached to an aromatic ring is 1. The van der Waals surface area contributed by atoms with Crippen LogP contribution in [0.5, 0.6) is 0 Å². The Morgan fingerprint density at radius 1 is 1.04 bits per heavy atom. The molecule has 0 atom stereocenters. The standard InChI is InChI=1S/C35H35F3N8O5S/c1-3-44-13-15-45(16-14-44)21-24-9-10-25(18-28(24)35(36,37)38)42-52(50,51)26-6-4-5-22(17-26)7-8-23-20-40-33(39)41-31(23)30-19-27-29(43(30)2)11-12-46(32(27)47)34(48)49/h4-6,9-10,17-20,42H,3,11-16,21H2,1-2H3,(H,48,49)(H2,39,40,41). The van der Waals surface area contributed by atoms with Gasteiger partial charge in [-0.05, 0) is 48.5 Å². The summed E-state index contributed by atoms with van der Waals surface area (Å²) in [5.41, 5.74) is 6.88. The first-order valence-corrected chi connectivity index (χ1v) is 17.8. The number of halogens is 3. The molecule has 17 heteroatoms. The van der Waals surface area contributed by atoms with Crippen molar-refractivity contribution >= 4 is 33.7 Å². The Morgan fingerprint density at radius 3 is 2.46 bits per heavy atom. The normalized spacial score (nSPS) is 15.6. The van der Waals surface area contributed by atoms with Gasteiger partial charge in [0, 0.05) is 75.9 Å². The number of alkyl halides is 3. The van der Waals surface area contributed by atoms with E-state index in [9.17, 15) is 36.3 Å². The van der Waals surface area contributed by atoms with E-state index in [1.165, 1.54) is 42.6 Å². The van der Waals surface area contributed by atoms with Gasteiger partial charge in [-0.3, -0.25) is 14.4 Å². The molecule has 4 aromatic rings. The Balaban J connectivity index is 1.25. The second-order valence-electron chi connectivity index (χ2n) is 12.4. The molecule has 13 nitrogen and oxygen atoms in total. The molecule has 6 rings (SSSR count). The van der Waals surface area contributed by atoms with Gasteiger partial charge in [-0.1, -0.05) is 30.9 Å². The lowest BCUT2D eigenvalue weighted by Crippen LogP contribution is -2.45. The van der Waals surface area contributed by atoms with Crippen LogP contribution in [0.4, 0.5) is 29.6 Å². The smallest absolute Gasteiger partial charge is 0.416 e. The van der Waals surface area contributed by atoms with Gasteiger partial charge in [-0.25, -0.2) is 28.1 Å². The highest BCUT2D eigenvalue weighted by Gasteiger charge is 2.35. The van der Waals surface area contributed by atoms with Crippen LogP contribution in [0.15, 0.2) is 59.6 Å². The second kappa shape index (κ2) is 14.3. The topological polar surface area (TPSA) is 167 Å². The van der Waals surface area contributed by atoms with Crippen molar-refractivity contribution in [2.75, 3.05) is 49.7 Å². The van der Waals surface area contributed by atoms with Crippen molar-refractivity contribution in [2.24, 2.45) is 7.05 Å². The molecule has 2 aromatic carbocycles. The summed E-state index contributed by atoms with van der Waals surface area (Å²) in [5.74, 6) is 5.06. The lowest BCUT2D eigenvalue weighted by molar-refractivity contribution is -0.138. The summed E-state index contributed by atoms with van der Waals surface area (Å²) in [6, 6.07) is 10.5. The SMILES string of the molecule is CCN1CCN(Cc2ccc(NS(=O)(=O)c3cccc(C#Cc4cnc(N)nc4-c4cc5c(n4C)CCN(C(=O)O)C5=O)c3)cc2C(F)(F)F)CC1. The number of carbonyl (C=O) groups excluding carboxylic acids is 1. The minimum absolute atomic E-state index is 0.00305. The number of hydrogen-bond donors (Lipinski definition) is 3. The zero-order chi connectivity index (χ0) is 37.4. The van der Waals surface area contributed by atoms with Crippen LogP contribution in [-0.4, -0.2) is 94.0 Å². The summed E-state index contributed by atoms with van der Waals surface area (Å²) >= 11 is 0. The minimum Gasteiger partial charge on any atom is -0.465 e. The van der Waals surface area contributed by atoms with Gasteiger partial charge in [0.2, 0.25) is 5.95 Å². The van der Waals surface area contributed by atoms with Crippen LogP contribution in [0.25, 0.3) is 11.4 Å². The van der Waals surface area contributed by atoms with Gasteiger partial charge in [0.05, 0.1) is 27.3 Å². The maximum Gasteiger partial charge on any atom is 0.416 e. The molecule has 4 heterocycles. The Bertz CT molecular complexity index is 2220. The number of hydrogen-bond acceptors (Lipinski definition) is 9. The molecule has 0 spiro atoms. The van der Waals surface area contributed by atoms with Crippen LogP contribution in [0.2, 0.25) is 0 Å². The molecule has 272 valence electrons. The molecule has 2 aromatic heterocycles. The van der Waals surface area contributed by atoms with Crippen LogP contribution < -0.4 is 10.5 Å². The fraction of sp³-hybridized carbons (Fsp3) is 0.314. The molecule has 52 heavy (non-hydrogen) atoms. The number of nitrogens with zero attached hydrogens (tertiary/aromatic N) is 6. The third-order valence-electron chi connectivity index (χ3n) is 9.15. The summed E-state index contributed by atoms with van der Waals surface area (Å²) in [6.07, 6.45) is -4.39. The van der Waals surface area contributed by atoms with Gasteiger partial charge in [-0.2, -0.15) is 13.2 Å². The number of carbonyl (C=O) groups is 2. The molecule has 0 radical (unpaired) electrons. The third-order valence-corrected chi connectivity index (χ3v) is 10.5. The van der Waals surface area contributed by atoms with Crippen molar-refractivity contribution < 1.29 is 36.3 Å². The van der Waals surface area contributed by atoms with Gasteiger partial charge >= 0.3 is 12.3 Å². The predicted molar refractivity (Wildman–Crippen MR) is 186 cm³/mol. The number of anilines is 2. The first kappa shape index (κ1) is 36.4. The molecule has 1 fully saturated rings. The zero-order valence-corrected chi connectivity index (χ0v) is 29.1. The number of benzene rings is 2. The fourth-order valence-electron chi connectivity index (χ4n) is 6.33. The molecular weight excluding hydrogens is 701 g/mol. The van der Waals surface area contributed by atoms with Crippen molar-refractivity contribution in [3.05, 3.63) is 88.2 Å². The van der Waals surface area contributed by atoms with E-state index in [4.69, 9.17) is 5.73 Å². The molecule has 1 saturated heterocycles. The fourth-order valence-corrected chi connectivity index (χ4v) is 7.42. The summed E-state index contributed by atoms with van der Waals surface area (Å²) in [7, 11) is -2.63. The number of carboxylic acid groups (broad SMARTS) is 1. The highest BCUT2D eigenvalue weighted by molar-refractivity contribution is 7.92. The van der Waals surface area contributed by atoms with E-state index in [-0.39, 0.29) is 57.6 Å². The van der Waals surface area contributed by atoms with E-state index in [0.29, 0.717) is 30.9 Å². The van der Waals surface area contributed by atoms with Crippen LogP contribution in [-0.2, 0) is 36.2 Å². The van der Waals surface area contributed by atoms with E-state index in [2.05, 4.69) is 31.4 Å². The number of nitrogens with one attached hydrogen (secondary N) is 1. The monoisotopic (exact) mass is 736 g/mol. The quantitative estimate of drug-likeness (QED) is 0.235. The van der Waals surface area contributed by atoms with Crippen LogP contribution in [0.1, 0.15) is 45.2 Å². The molecule has 2 aliphatic rings. The lowest BCUT2D eigenvalue weighted by Gasteiger charge is -2.34. The highest BCUT2D eigenvalue weighted by atomic mass is 32.2. The maximum atomic E-state index is 14.2. The van der Waals surface area contributed by atoms with Crippen molar-refractivity contribution in [2.45, 2.75) is 31.0 Å². The maximum absolute atomic E-state index is 14.2. The third kappa shape index (κ3) is 7.59. The average molecular weight is 737 g/mol. The predicted octanol–water partition coefficient (Wildman–Crippen LogP) is 4.10. The van der Waals surface area contributed by atoms with E-state index in [0.717, 1.165) is 30.6 Å². The average Bonchev–Trinajstić information content (AvgIpc) is 3.44. The Labute approximate surface area is 297 Å². The molecular formula is C35H35F3N8O5S. The number of imide groups is 1. The molecule has 0 unspecified atom stereocenters. The van der Waals surface area contributed by atoms with Gasteiger partial charge in [-0.15, -0.1) is 0 Å². The Kier molecular flexibility index (Phi) is 9.99. The number of piperazine rings is 1. The van der Waals surface area contributed by atoms with Crippen LogP contribution in [0, 0.1) is 11.8 Å². The van der Waals surface area contributed by atoms with Crippen molar-refractivity contribution in [3.63, 3.8) is 0 Å². The molecule has 0 saturated carbocycles. The molecule has 2 aliphatic heterocycles. The second-order valence-corrected chi connectivity index (χ2v) is 14.1. The van der Waals surface area contributed by atoms with Crippen molar-refractivity contribution in [3.8, 4) is 23.2 Å². The number of rotatable bonds is 7. The largest absolute Gasteiger partial charge is 0.465 e. The molecule has 2 amide bonds. The highest BCUT2D eigenvalue weighted by Crippen LogP contribution is 2.35. The van der Waals surface area contributed by atoms with Gasteiger partial charge in [0.1, 0.15) is 5.69 Å². The van der Waals surface area contributed by atoms with E-state index >= 15 is 0 Å². The van der Waals surface area contributed by atoms with Gasteiger partial charge in [0.25, 0.3) is 15.9 Å².